The maximum atomic E-state index is 10.9. The Balaban J connectivity index is 2.33. The molecule has 3 unspecified atom stereocenters. The Bertz CT molecular complexity index is 232. The van der Waals surface area contributed by atoms with Crippen molar-refractivity contribution in [3.8, 4) is 6.07 Å². The summed E-state index contributed by atoms with van der Waals surface area (Å²) in [5, 5.41) is 17.5. The van der Waals surface area contributed by atoms with E-state index in [0.29, 0.717) is 6.42 Å². The number of aliphatic hydroxyl groups excluding tert-OH is 1. The van der Waals surface area contributed by atoms with Crippen molar-refractivity contribution in [3.05, 3.63) is 0 Å². The molecule has 1 aliphatic rings. The summed E-state index contributed by atoms with van der Waals surface area (Å²) in [6, 6.07) is 2.14. The van der Waals surface area contributed by atoms with Crippen molar-refractivity contribution >= 4 is 5.97 Å². The van der Waals surface area contributed by atoms with E-state index in [9.17, 15) is 4.79 Å². The summed E-state index contributed by atoms with van der Waals surface area (Å²) < 4.78 is 4.96. The van der Waals surface area contributed by atoms with Crippen molar-refractivity contribution in [2.75, 3.05) is 0 Å². The van der Waals surface area contributed by atoms with Gasteiger partial charge in [0.05, 0.1) is 6.07 Å². The minimum absolute atomic E-state index is 0.00630. The summed E-state index contributed by atoms with van der Waals surface area (Å²) in [6.07, 6.45) is 0.882. The largest absolute Gasteiger partial charge is 0.460 e. The lowest BCUT2D eigenvalue weighted by molar-refractivity contribution is -0.157. The Labute approximate surface area is 77.1 Å². The van der Waals surface area contributed by atoms with Crippen molar-refractivity contribution in [2.24, 2.45) is 5.92 Å². The third kappa shape index (κ3) is 2.71. The minimum atomic E-state index is -1.07. The summed E-state index contributed by atoms with van der Waals surface area (Å²) in [4.78, 5) is 10.9. The van der Waals surface area contributed by atoms with E-state index in [0.717, 1.165) is 12.8 Å². The number of nitrogens with zero attached hydrogens (tertiary/aromatic N) is 1. The van der Waals surface area contributed by atoms with Gasteiger partial charge in [0.25, 0.3) is 0 Å². The number of rotatable bonds is 2. The van der Waals surface area contributed by atoms with Crippen LogP contribution in [0.1, 0.15) is 26.2 Å². The number of aliphatic hydroxyl groups is 1. The molecule has 0 aromatic carbocycles. The van der Waals surface area contributed by atoms with E-state index in [1.807, 2.05) is 0 Å². The van der Waals surface area contributed by atoms with Gasteiger partial charge in [-0.05, 0) is 19.8 Å². The molecule has 4 nitrogen and oxygen atoms in total. The third-order valence-electron chi connectivity index (χ3n) is 2.19. The van der Waals surface area contributed by atoms with Gasteiger partial charge in [0.1, 0.15) is 12.2 Å². The Morgan fingerprint density at radius 2 is 2.38 bits per heavy atom. The highest BCUT2D eigenvalue weighted by atomic mass is 16.6. The molecule has 0 amide bonds. The highest BCUT2D eigenvalue weighted by molar-refractivity contribution is 5.74. The highest BCUT2D eigenvalue weighted by Gasteiger charge is 2.28. The monoisotopic (exact) mass is 183 g/mol. The smallest absolute Gasteiger partial charge is 0.334 e. The third-order valence-corrected chi connectivity index (χ3v) is 2.19. The summed E-state index contributed by atoms with van der Waals surface area (Å²) in [7, 11) is 0. The Hall–Kier alpha value is -1.08. The van der Waals surface area contributed by atoms with Gasteiger partial charge in [-0.25, -0.2) is 4.79 Å². The number of hydrogen-bond donors (Lipinski definition) is 1. The van der Waals surface area contributed by atoms with E-state index in [-0.39, 0.29) is 12.0 Å². The maximum Gasteiger partial charge on any atom is 0.334 e. The zero-order chi connectivity index (χ0) is 9.84. The van der Waals surface area contributed by atoms with Crippen LogP contribution in [0.3, 0.4) is 0 Å². The Kier molecular flexibility index (Phi) is 3.26. The van der Waals surface area contributed by atoms with Gasteiger partial charge in [-0.15, -0.1) is 0 Å². The van der Waals surface area contributed by atoms with Crippen LogP contribution in [0.5, 0.6) is 0 Å². The van der Waals surface area contributed by atoms with Crippen LogP contribution in [0.2, 0.25) is 0 Å². The molecule has 0 aliphatic heterocycles. The van der Waals surface area contributed by atoms with Crippen molar-refractivity contribution < 1.29 is 14.6 Å². The van der Waals surface area contributed by atoms with Crippen LogP contribution in [0.25, 0.3) is 0 Å². The van der Waals surface area contributed by atoms with E-state index in [2.05, 4.69) is 6.07 Å². The molecular formula is C9H13NO3. The van der Waals surface area contributed by atoms with Gasteiger partial charge in [0, 0.05) is 12.3 Å². The van der Waals surface area contributed by atoms with E-state index in [1.165, 1.54) is 6.92 Å². The fourth-order valence-electron chi connectivity index (χ4n) is 1.43. The van der Waals surface area contributed by atoms with Crippen LogP contribution in [-0.2, 0) is 9.53 Å². The maximum absolute atomic E-state index is 10.9. The first-order chi connectivity index (χ1) is 6.13. The van der Waals surface area contributed by atoms with Gasteiger partial charge in [0.2, 0.25) is 0 Å². The molecule has 1 rings (SSSR count). The van der Waals surface area contributed by atoms with Crippen LogP contribution in [0, 0.1) is 17.2 Å². The van der Waals surface area contributed by atoms with E-state index >= 15 is 0 Å². The first kappa shape index (κ1) is 10.0. The average molecular weight is 183 g/mol. The molecule has 1 aliphatic carbocycles. The lowest BCUT2D eigenvalue weighted by Crippen LogP contribution is -2.24. The molecule has 1 saturated carbocycles. The Morgan fingerprint density at radius 1 is 1.69 bits per heavy atom. The standard InChI is InChI=1S/C9H13NO3/c1-6(11)9(12)13-8-3-2-7(4-8)5-10/h6-8,11H,2-4H2,1H3. The van der Waals surface area contributed by atoms with Crippen LogP contribution >= 0.6 is 0 Å². The summed E-state index contributed by atoms with van der Waals surface area (Å²) in [5.74, 6) is -0.588. The molecule has 0 bridgehead atoms. The lowest BCUT2D eigenvalue weighted by atomic mass is 10.1. The summed E-state index contributed by atoms with van der Waals surface area (Å²) in [6.45, 7) is 1.37. The molecule has 1 fully saturated rings. The fourth-order valence-corrected chi connectivity index (χ4v) is 1.43. The lowest BCUT2D eigenvalue weighted by Gasteiger charge is -2.12. The van der Waals surface area contributed by atoms with Crippen LogP contribution < -0.4 is 0 Å². The van der Waals surface area contributed by atoms with Crippen molar-refractivity contribution in [3.63, 3.8) is 0 Å². The molecular weight excluding hydrogens is 170 g/mol. The molecule has 13 heavy (non-hydrogen) atoms. The molecule has 0 radical (unpaired) electrons. The number of carbonyl (C=O) groups excluding carboxylic acids is 1. The second-order valence-corrected chi connectivity index (χ2v) is 3.37. The zero-order valence-electron chi connectivity index (χ0n) is 7.56. The Morgan fingerprint density at radius 3 is 2.85 bits per heavy atom. The van der Waals surface area contributed by atoms with Crippen molar-refractivity contribution in [1.29, 1.82) is 5.26 Å². The van der Waals surface area contributed by atoms with Crippen molar-refractivity contribution in [2.45, 2.75) is 38.4 Å². The van der Waals surface area contributed by atoms with E-state index in [4.69, 9.17) is 15.1 Å². The molecule has 72 valence electrons. The fraction of sp³-hybridized carbons (Fsp3) is 0.778. The second kappa shape index (κ2) is 4.24. The van der Waals surface area contributed by atoms with Gasteiger partial charge in [-0.1, -0.05) is 0 Å². The van der Waals surface area contributed by atoms with Gasteiger partial charge >= 0.3 is 5.97 Å². The number of esters is 1. The predicted octanol–water partition coefficient (Wildman–Crippen LogP) is 0.603. The average Bonchev–Trinajstić information content (AvgIpc) is 2.52. The first-order valence-corrected chi connectivity index (χ1v) is 4.41. The predicted molar refractivity (Wildman–Crippen MR) is 44.5 cm³/mol. The molecule has 0 heterocycles. The van der Waals surface area contributed by atoms with Gasteiger partial charge in [-0.3, -0.25) is 0 Å². The van der Waals surface area contributed by atoms with Crippen LogP contribution in [0.15, 0.2) is 0 Å². The number of carbonyl (C=O) groups is 1. The highest BCUT2D eigenvalue weighted by Crippen LogP contribution is 2.27. The second-order valence-electron chi connectivity index (χ2n) is 3.37. The van der Waals surface area contributed by atoms with Gasteiger partial charge < -0.3 is 9.84 Å². The number of nitriles is 1. The normalized spacial score (nSPS) is 29.3. The summed E-state index contributed by atoms with van der Waals surface area (Å²) in [5.41, 5.74) is 0. The molecule has 4 heteroatoms. The van der Waals surface area contributed by atoms with E-state index < -0.39 is 12.1 Å². The van der Waals surface area contributed by atoms with Crippen LogP contribution in [-0.4, -0.2) is 23.3 Å². The minimum Gasteiger partial charge on any atom is -0.460 e. The number of ether oxygens (including phenoxy) is 1. The molecule has 3 atom stereocenters. The molecule has 1 N–H and O–H groups in total. The first-order valence-electron chi connectivity index (χ1n) is 4.41. The molecule has 0 aromatic rings. The van der Waals surface area contributed by atoms with Crippen LogP contribution in [0.4, 0.5) is 0 Å². The molecule has 0 aromatic heterocycles. The SMILES string of the molecule is CC(O)C(=O)OC1CCC(C#N)C1. The van der Waals surface area contributed by atoms with E-state index in [1.54, 1.807) is 0 Å². The van der Waals surface area contributed by atoms with Gasteiger partial charge in [-0.2, -0.15) is 5.26 Å². The quantitative estimate of drug-likeness (QED) is 0.636. The number of hydrogen-bond acceptors (Lipinski definition) is 4. The topological polar surface area (TPSA) is 70.3 Å². The molecule has 0 saturated heterocycles. The molecule has 0 spiro atoms. The zero-order valence-corrected chi connectivity index (χ0v) is 7.56. The van der Waals surface area contributed by atoms with Gasteiger partial charge in [0.15, 0.2) is 0 Å². The van der Waals surface area contributed by atoms with Crippen molar-refractivity contribution in [1.82, 2.24) is 0 Å². The summed E-state index contributed by atoms with van der Waals surface area (Å²) >= 11 is 0.